The highest BCUT2D eigenvalue weighted by atomic mass is 35.5. The Bertz CT molecular complexity index is 1270. The summed E-state index contributed by atoms with van der Waals surface area (Å²) >= 11 is 12.6. The van der Waals surface area contributed by atoms with E-state index in [1.54, 1.807) is 6.07 Å². The second-order valence-corrected chi connectivity index (χ2v) is 11.5. The number of carbonyl (C=O) groups is 1. The van der Waals surface area contributed by atoms with Gasteiger partial charge in [-0.2, -0.15) is 0 Å². The molecule has 2 aliphatic rings. The topological polar surface area (TPSA) is 84.9 Å². The Kier molecular flexibility index (Phi) is 8.97. The van der Waals surface area contributed by atoms with E-state index in [2.05, 4.69) is 32.8 Å². The number of carboxylic acids is 1. The van der Waals surface area contributed by atoms with E-state index < -0.39 is 5.97 Å². The van der Waals surface area contributed by atoms with Crippen LogP contribution >= 0.6 is 23.2 Å². The van der Waals surface area contributed by atoms with Crippen molar-refractivity contribution < 1.29 is 14.6 Å². The number of rotatable bonds is 8. The molecule has 2 aliphatic heterocycles. The Balaban J connectivity index is 1.36. The normalized spacial score (nSPS) is 17.8. The van der Waals surface area contributed by atoms with Crippen LogP contribution in [0.2, 0.25) is 10.0 Å². The van der Waals surface area contributed by atoms with Gasteiger partial charge in [-0.1, -0.05) is 23.2 Å². The molecule has 0 amide bonds. The molecule has 208 valence electrons. The molecular weight excluding hydrogens is 537 g/mol. The van der Waals surface area contributed by atoms with Gasteiger partial charge in [0.15, 0.2) is 0 Å². The summed E-state index contributed by atoms with van der Waals surface area (Å²) in [5.41, 5.74) is 2.61. The number of piperidine rings is 1. The van der Waals surface area contributed by atoms with Gasteiger partial charge in [0, 0.05) is 60.3 Å². The van der Waals surface area contributed by atoms with Crippen molar-refractivity contribution in [2.45, 2.75) is 32.2 Å². The van der Waals surface area contributed by atoms with Crippen molar-refractivity contribution in [1.29, 1.82) is 0 Å². The molecule has 0 unspecified atom stereocenters. The zero-order valence-corrected chi connectivity index (χ0v) is 23.7. The number of likely N-dealkylation sites (tertiary alicyclic amines) is 1. The largest absolute Gasteiger partial charge is 0.481 e. The molecule has 0 radical (unpaired) electrons. The lowest BCUT2D eigenvalue weighted by molar-refractivity contribution is -0.138. The summed E-state index contributed by atoms with van der Waals surface area (Å²) in [6.07, 6.45) is 3.13. The van der Waals surface area contributed by atoms with Gasteiger partial charge in [-0.25, -0.2) is 4.98 Å². The Hall–Kier alpha value is -2.78. The number of aromatic nitrogens is 2. The minimum atomic E-state index is -0.718. The summed E-state index contributed by atoms with van der Waals surface area (Å²) < 4.78 is 6.26. The van der Waals surface area contributed by atoms with Crippen LogP contribution in [0, 0.1) is 5.92 Å². The molecule has 4 heterocycles. The summed E-state index contributed by atoms with van der Waals surface area (Å²) in [6.45, 7) is 6.54. The first-order chi connectivity index (χ1) is 18.8. The smallest absolute Gasteiger partial charge is 0.303 e. The van der Waals surface area contributed by atoms with Gasteiger partial charge >= 0.3 is 5.97 Å². The van der Waals surface area contributed by atoms with Crippen molar-refractivity contribution in [3.05, 3.63) is 58.1 Å². The van der Waals surface area contributed by atoms with Crippen LogP contribution in [0.15, 0.2) is 42.5 Å². The zero-order chi connectivity index (χ0) is 27.4. The molecule has 2 saturated heterocycles. The Morgan fingerprint density at radius 3 is 2.54 bits per heavy atom. The first kappa shape index (κ1) is 27.8. The minimum Gasteiger partial charge on any atom is -0.481 e. The standard InChI is InChI=1S/C29H35Cl2N5O3/c1-34-7-2-8-36(12-11-34)26-3-4-27(33-26)39-28-14-21(19-35-9-5-20(6-10-35)15-29(37)38)13-25(32-28)22-16-23(30)18-24(31)17-22/h3-4,13-14,16-18,20,33H,2,5-12,15,19H2,1H3,(H,37,38). The molecule has 2 N–H and O–H groups in total. The van der Waals surface area contributed by atoms with Crippen LogP contribution in [0.4, 0.5) is 5.82 Å². The van der Waals surface area contributed by atoms with Gasteiger partial charge < -0.3 is 24.6 Å². The predicted octanol–water partition coefficient (Wildman–Crippen LogP) is 6.00. The number of likely N-dealkylation sites (N-methyl/N-ethyl adjacent to an activating group) is 1. The van der Waals surface area contributed by atoms with Crippen LogP contribution in [-0.4, -0.2) is 77.2 Å². The number of hydrogen-bond acceptors (Lipinski definition) is 6. The van der Waals surface area contributed by atoms with Gasteiger partial charge in [0.2, 0.25) is 11.8 Å². The Morgan fingerprint density at radius 2 is 1.79 bits per heavy atom. The van der Waals surface area contributed by atoms with Crippen molar-refractivity contribution in [3.63, 3.8) is 0 Å². The number of ether oxygens (including phenoxy) is 1. The number of aromatic amines is 1. The van der Waals surface area contributed by atoms with Gasteiger partial charge in [0.25, 0.3) is 0 Å². The lowest BCUT2D eigenvalue weighted by Gasteiger charge is -2.31. The SMILES string of the molecule is CN1CCCN(c2ccc(Oc3cc(CN4CCC(CC(=O)O)CC4)cc(-c4cc(Cl)cc(Cl)c4)n3)[nH]2)CC1. The monoisotopic (exact) mass is 571 g/mol. The fraction of sp³-hybridized carbons (Fsp3) is 0.448. The summed E-state index contributed by atoms with van der Waals surface area (Å²) in [5.74, 6) is 1.69. The highest BCUT2D eigenvalue weighted by Gasteiger charge is 2.22. The second kappa shape index (κ2) is 12.6. The number of hydrogen-bond donors (Lipinski definition) is 2. The summed E-state index contributed by atoms with van der Waals surface area (Å²) in [6, 6.07) is 13.4. The molecule has 0 spiro atoms. The van der Waals surface area contributed by atoms with Crippen molar-refractivity contribution in [3.8, 4) is 23.0 Å². The number of anilines is 1. The number of carboxylic acid groups (broad SMARTS) is 1. The van der Waals surface area contributed by atoms with E-state index >= 15 is 0 Å². The number of nitrogens with one attached hydrogen (secondary N) is 1. The molecule has 10 heteroatoms. The fourth-order valence-electron chi connectivity index (χ4n) is 5.41. The zero-order valence-electron chi connectivity index (χ0n) is 22.2. The molecule has 0 aliphatic carbocycles. The molecule has 0 bridgehead atoms. The third kappa shape index (κ3) is 7.66. The van der Waals surface area contributed by atoms with Gasteiger partial charge in [-0.3, -0.25) is 9.69 Å². The van der Waals surface area contributed by atoms with Gasteiger partial charge in [0.05, 0.1) is 5.69 Å². The molecule has 0 atom stereocenters. The van der Waals surface area contributed by atoms with E-state index in [0.29, 0.717) is 21.8 Å². The van der Waals surface area contributed by atoms with Gasteiger partial charge in [-0.15, -0.1) is 0 Å². The third-order valence-electron chi connectivity index (χ3n) is 7.52. The lowest BCUT2D eigenvalue weighted by atomic mass is 9.93. The third-order valence-corrected chi connectivity index (χ3v) is 7.95. The fourth-order valence-corrected chi connectivity index (χ4v) is 5.94. The molecule has 5 rings (SSSR count). The minimum absolute atomic E-state index is 0.242. The highest BCUT2D eigenvalue weighted by Crippen LogP contribution is 2.31. The van der Waals surface area contributed by atoms with Crippen LogP contribution in [0.5, 0.6) is 11.8 Å². The van der Waals surface area contributed by atoms with E-state index in [0.717, 1.165) is 87.7 Å². The highest BCUT2D eigenvalue weighted by molar-refractivity contribution is 6.35. The molecule has 3 aromatic rings. The number of H-pyrrole nitrogens is 1. The number of benzene rings is 1. The molecule has 2 fully saturated rings. The summed E-state index contributed by atoms with van der Waals surface area (Å²) in [4.78, 5) is 26.4. The van der Waals surface area contributed by atoms with Crippen molar-refractivity contribution in [1.82, 2.24) is 19.8 Å². The van der Waals surface area contributed by atoms with Crippen molar-refractivity contribution in [2.24, 2.45) is 5.92 Å². The van der Waals surface area contributed by atoms with E-state index in [1.165, 1.54) is 0 Å². The van der Waals surface area contributed by atoms with E-state index in [9.17, 15) is 4.79 Å². The lowest BCUT2D eigenvalue weighted by Crippen LogP contribution is -2.33. The maximum absolute atomic E-state index is 11.1. The average molecular weight is 573 g/mol. The first-order valence-corrected chi connectivity index (χ1v) is 14.3. The van der Waals surface area contributed by atoms with E-state index in [1.807, 2.05) is 30.3 Å². The summed E-state index contributed by atoms with van der Waals surface area (Å²) in [7, 11) is 2.16. The van der Waals surface area contributed by atoms with E-state index in [4.69, 9.17) is 38.0 Å². The summed E-state index contributed by atoms with van der Waals surface area (Å²) in [5, 5.41) is 10.2. The first-order valence-electron chi connectivity index (χ1n) is 13.5. The molecule has 2 aromatic heterocycles. The van der Waals surface area contributed by atoms with Crippen molar-refractivity contribution in [2.75, 3.05) is 51.2 Å². The Labute approximate surface area is 239 Å². The number of pyridine rings is 1. The predicted molar refractivity (Wildman–Crippen MR) is 155 cm³/mol. The number of halogens is 2. The molecular formula is C29H35Cl2N5O3. The van der Waals surface area contributed by atoms with E-state index in [-0.39, 0.29) is 12.3 Å². The van der Waals surface area contributed by atoms with Crippen LogP contribution in [0.3, 0.4) is 0 Å². The quantitative estimate of drug-likeness (QED) is 0.342. The van der Waals surface area contributed by atoms with Crippen molar-refractivity contribution >= 4 is 35.0 Å². The molecule has 8 nitrogen and oxygen atoms in total. The number of nitrogens with zero attached hydrogens (tertiary/aromatic N) is 4. The average Bonchev–Trinajstić information content (AvgIpc) is 3.23. The second-order valence-electron chi connectivity index (χ2n) is 10.6. The van der Waals surface area contributed by atoms with Crippen LogP contribution in [0.25, 0.3) is 11.3 Å². The Morgan fingerprint density at radius 1 is 1.03 bits per heavy atom. The molecule has 1 aromatic carbocycles. The van der Waals surface area contributed by atoms with Crippen LogP contribution < -0.4 is 9.64 Å². The van der Waals surface area contributed by atoms with Gasteiger partial charge in [0.1, 0.15) is 5.82 Å². The molecule has 39 heavy (non-hydrogen) atoms. The van der Waals surface area contributed by atoms with Crippen LogP contribution in [-0.2, 0) is 11.3 Å². The maximum atomic E-state index is 11.1. The van der Waals surface area contributed by atoms with Gasteiger partial charge in [-0.05, 0) is 87.8 Å². The number of aliphatic carboxylic acids is 1. The van der Waals surface area contributed by atoms with Crippen LogP contribution in [0.1, 0.15) is 31.2 Å². The molecule has 0 saturated carbocycles. The maximum Gasteiger partial charge on any atom is 0.303 e.